The van der Waals surface area contributed by atoms with Gasteiger partial charge >= 0.3 is 0 Å². The Morgan fingerprint density at radius 1 is 1.00 bits per heavy atom. The molecule has 1 aliphatic rings. The van der Waals surface area contributed by atoms with Crippen molar-refractivity contribution >= 4 is 11.6 Å². The van der Waals surface area contributed by atoms with E-state index in [0.717, 1.165) is 11.1 Å². The summed E-state index contributed by atoms with van der Waals surface area (Å²) < 4.78 is 17.4. The van der Waals surface area contributed by atoms with E-state index in [1.807, 2.05) is 18.2 Å². The Kier molecular flexibility index (Phi) is 4.68. The molecule has 0 bridgehead atoms. The summed E-state index contributed by atoms with van der Waals surface area (Å²) in [5, 5.41) is 9.05. The van der Waals surface area contributed by atoms with Crippen molar-refractivity contribution in [3.8, 4) is 34.1 Å². The lowest BCUT2D eigenvalue weighted by Gasteiger charge is -2.06. The maximum Gasteiger partial charge on any atom is 0.266 e. The molecule has 0 amide bonds. The summed E-state index contributed by atoms with van der Waals surface area (Å²) in [7, 11) is 0. The Bertz CT molecular complexity index is 1280. The number of hydrogen-bond acceptors (Lipinski definition) is 7. The van der Waals surface area contributed by atoms with Crippen LogP contribution in [0.3, 0.4) is 0 Å². The molecular formula is C21H15ClN4O4. The summed E-state index contributed by atoms with van der Waals surface area (Å²) in [5.74, 6) is 2.18. The number of nitrogens with zero attached hydrogens (tertiary/aromatic N) is 4. The molecule has 0 spiro atoms. The van der Waals surface area contributed by atoms with Gasteiger partial charge in [0.2, 0.25) is 18.5 Å². The number of aromatic nitrogens is 4. The lowest BCUT2D eigenvalue weighted by Crippen LogP contribution is -2.23. The third kappa shape index (κ3) is 3.65. The van der Waals surface area contributed by atoms with Crippen LogP contribution in [0.2, 0.25) is 5.02 Å². The van der Waals surface area contributed by atoms with Crippen molar-refractivity contribution in [1.29, 1.82) is 0 Å². The van der Waals surface area contributed by atoms with Crippen molar-refractivity contribution in [1.82, 2.24) is 19.9 Å². The highest BCUT2D eigenvalue weighted by molar-refractivity contribution is 6.30. The summed E-state index contributed by atoms with van der Waals surface area (Å²) in [6.07, 6.45) is 0.365. The van der Waals surface area contributed by atoms with Crippen LogP contribution in [0.4, 0.5) is 0 Å². The third-order valence-corrected chi connectivity index (χ3v) is 4.86. The molecule has 3 heterocycles. The summed E-state index contributed by atoms with van der Waals surface area (Å²) in [4.78, 5) is 16.6. The van der Waals surface area contributed by atoms with E-state index < -0.39 is 0 Å². The van der Waals surface area contributed by atoms with Crippen molar-refractivity contribution in [2.75, 3.05) is 6.79 Å². The van der Waals surface area contributed by atoms with E-state index in [1.54, 1.807) is 30.3 Å². The predicted octanol–water partition coefficient (Wildman–Crippen LogP) is 3.59. The quantitative estimate of drug-likeness (QED) is 0.485. The normalized spacial score (nSPS) is 12.3. The summed E-state index contributed by atoms with van der Waals surface area (Å²) in [5.41, 5.74) is 2.03. The van der Waals surface area contributed by atoms with Gasteiger partial charge in [0.1, 0.15) is 0 Å². The Labute approximate surface area is 175 Å². The monoisotopic (exact) mass is 422 g/mol. The minimum Gasteiger partial charge on any atom is -0.454 e. The summed E-state index contributed by atoms with van der Waals surface area (Å²) >= 11 is 6.05. The van der Waals surface area contributed by atoms with Crippen molar-refractivity contribution in [3.63, 3.8) is 0 Å². The second-order valence-electron chi connectivity index (χ2n) is 6.62. The van der Waals surface area contributed by atoms with E-state index in [4.69, 9.17) is 25.6 Å². The van der Waals surface area contributed by atoms with Gasteiger partial charge in [0.25, 0.3) is 5.56 Å². The molecule has 0 N–H and O–H groups in total. The van der Waals surface area contributed by atoms with Gasteiger partial charge < -0.3 is 14.0 Å². The zero-order chi connectivity index (χ0) is 20.5. The molecule has 0 unspecified atom stereocenters. The molecule has 9 heteroatoms. The minimum absolute atomic E-state index is 0.201. The van der Waals surface area contributed by atoms with Gasteiger partial charge in [0, 0.05) is 28.6 Å². The number of benzene rings is 2. The number of ether oxygens (including phenoxy) is 2. The van der Waals surface area contributed by atoms with Gasteiger partial charge in [-0.2, -0.15) is 10.1 Å². The first-order valence-corrected chi connectivity index (χ1v) is 9.60. The smallest absolute Gasteiger partial charge is 0.266 e. The standard InChI is InChI=1S/C21H15ClN4O4/c22-15-3-1-2-13(10-15)16-5-7-20(27)26(24-16)9-8-19-23-21(25-30-19)14-4-6-17-18(11-14)29-12-28-17/h1-7,10-11H,8-9,12H2. The number of halogens is 1. The van der Waals surface area contributed by atoms with Gasteiger partial charge in [-0.1, -0.05) is 28.9 Å². The van der Waals surface area contributed by atoms with E-state index in [2.05, 4.69) is 15.2 Å². The van der Waals surface area contributed by atoms with E-state index in [0.29, 0.717) is 46.9 Å². The van der Waals surface area contributed by atoms with E-state index >= 15 is 0 Å². The number of aryl methyl sites for hydroxylation is 2. The molecule has 2 aromatic carbocycles. The first kappa shape index (κ1) is 18.4. The molecule has 0 atom stereocenters. The topological polar surface area (TPSA) is 92.3 Å². The van der Waals surface area contributed by atoms with Crippen LogP contribution in [0.25, 0.3) is 22.6 Å². The average Bonchev–Trinajstić information content (AvgIpc) is 3.42. The zero-order valence-electron chi connectivity index (χ0n) is 15.6. The zero-order valence-corrected chi connectivity index (χ0v) is 16.4. The highest BCUT2D eigenvalue weighted by Gasteiger charge is 2.16. The fourth-order valence-electron chi connectivity index (χ4n) is 3.12. The molecule has 0 fully saturated rings. The maximum absolute atomic E-state index is 12.2. The molecule has 5 rings (SSSR count). The molecule has 2 aromatic heterocycles. The van der Waals surface area contributed by atoms with Gasteiger partial charge in [-0.15, -0.1) is 0 Å². The number of fused-ring (bicyclic) bond motifs is 1. The molecule has 150 valence electrons. The largest absolute Gasteiger partial charge is 0.454 e. The lowest BCUT2D eigenvalue weighted by atomic mass is 10.1. The van der Waals surface area contributed by atoms with E-state index in [-0.39, 0.29) is 12.4 Å². The lowest BCUT2D eigenvalue weighted by molar-refractivity contribution is 0.174. The Balaban J connectivity index is 1.33. The summed E-state index contributed by atoms with van der Waals surface area (Å²) in [6.45, 7) is 0.502. The molecule has 4 aromatic rings. The molecule has 0 radical (unpaired) electrons. The first-order chi connectivity index (χ1) is 14.7. The van der Waals surface area contributed by atoms with Crippen LogP contribution in [0.15, 0.2) is 63.9 Å². The van der Waals surface area contributed by atoms with Crippen LogP contribution in [0.1, 0.15) is 5.89 Å². The predicted molar refractivity (Wildman–Crippen MR) is 109 cm³/mol. The third-order valence-electron chi connectivity index (χ3n) is 4.62. The van der Waals surface area contributed by atoms with E-state index in [1.165, 1.54) is 10.7 Å². The molecular weight excluding hydrogens is 408 g/mol. The average molecular weight is 423 g/mol. The fourth-order valence-corrected chi connectivity index (χ4v) is 3.31. The van der Waals surface area contributed by atoms with Crippen LogP contribution in [-0.4, -0.2) is 26.7 Å². The maximum atomic E-state index is 12.2. The molecule has 0 saturated carbocycles. The molecule has 1 aliphatic heterocycles. The highest BCUT2D eigenvalue weighted by Crippen LogP contribution is 2.35. The van der Waals surface area contributed by atoms with Crippen LogP contribution in [0.5, 0.6) is 11.5 Å². The van der Waals surface area contributed by atoms with Crippen LogP contribution in [-0.2, 0) is 13.0 Å². The second-order valence-corrected chi connectivity index (χ2v) is 7.06. The van der Waals surface area contributed by atoms with E-state index in [9.17, 15) is 4.79 Å². The Morgan fingerprint density at radius 3 is 2.80 bits per heavy atom. The van der Waals surface area contributed by atoms with Gasteiger partial charge in [0.15, 0.2) is 11.5 Å². The number of hydrogen-bond donors (Lipinski definition) is 0. The van der Waals surface area contributed by atoms with Crippen LogP contribution in [0, 0.1) is 0 Å². The van der Waals surface area contributed by atoms with Crippen molar-refractivity contribution in [2.24, 2.45) is 0 Å². The highest BCUT2D eigenvalue weighted by atomic mass is 35.5. The molecule has 8 nitrogen and oxygen atoms in total. The van der Waals surface area contributed by atoms with Gasteiger partial charge in [0.05, 0.1) is 12.2 Å². The van der Waals surface area contributed by atoms with Gasteiger partial charge in [-0.3, -0.25) is 4.79 Å². The molecule has 0 aliphatic carbocycles. The number of rotatable bonds is 5. The minimum atomic E-state index is -0.212. The van der Waals surface area contributed by atoms with Crippen molar-refractivity contribution in [2.45, 2.75) is 13.0 Å². The fraction of sp³-hybridized carbons (Fsp3) is 0.143. The SMILES string of the molecule is O=c1ccc(-c2cccc(Cl)c2)nn1CCc1nc(-c2ccc3c(c2)OCO3)no1. The van der Waals surface area contributed by atoms with Gasteiger partial charge in [-0.05, 0) is 36.4 Å². The van der Waals surface area contributed by atoms with Crippen molar-refractivity contribution in [3.05, 3.63) is 75.9 Å². The first-order valence-electron chi connectivity index (χ1n) is 9.22. The summed E-state index contributed by atoms with van der Waals surface area (Å²) in [6, 6.07) is 15.9. The molecule has 30 heavy (non-hydrogen) atoms. The van der Waals surface area contributed by atoms with Gasteiger partial charge in [-0.25, -0.2) is 4.68 Å². The Morgan fingerprint density at radius 2 is 1.90 bits per heavy atom. The molecule has 0 saturated heterocycles. The van der Waals surface area contributed by atoms with Crippen LogP contribution >= 0.6 is 11.6 Å². The van der Waals surface area contributed by atoms with Crippen LogP contribution < -0.4 is 15.0 Å². The van der Waals surface area contributed by atoms with Crippen molar-refractivity contribution < 1.29 is 14.0 Å². The second kappa shape index (κ2) is 7.64. The Hall–Kier alpha value is -3.65.